The lowest BCUT2D eigenvalue weighted by Crippen LogP contribution is -1.78. The van der Waals surface area contributed by atoms with Gasteiger partial charge in [-0.2, -0.15) is 5.10 Å². The van der Waals surface area contributed by atoms with Crippen LogP contribution in [0.4, 0.5) is 0 Å². The van der Waals surface area contributed by atoms with Crippen LogP contribution in [-0.4, -0.2) is 10.2 Å². The maximum atomic E-state index is 6.20. The van der Waals surface area contributed by atoms with E-state index in [4.69, 9.17) is 16.0 Å². The van der Waals surface area contributed by atoms with Gasteiger partial charge in [-0.15, -0.1) is 0 Å². The van der Waals surface area contributed by atoms with Gasteiger partial charge in [0.2, 0.25) is 0 Å². The van der Waals surface area contributed by atoms with E-state index in [2.05, 4.69) is 10.2 Å². The third-order valence-electron chi connectivity index (χ3n) is 3.42. The Balaban J connectivity index is 1.79. The van der Waals surface area contributed by atoms with E-state index in [1.807, 2.05) is 60.7 Å². The Kier molecular flexibility index (Phi) is 2.79. The number of hydrogen-bond acceptors (Lipinski definition) is 2. The molecule has 0 radical (unpaired) electrons. The molecule has 0 atom stereocenters. The molecule has 0 saturated carbocycles. The molecule has 0 aliphatic heterocycles. The SMILES string of the molecule is Clc1ccccc1-c1cc(-c2cc3ccccc3o2)[nH]n1. The summed E-state index contributed by atoms with van der Waals surface area (Å²) in [4.78, 5) is 0. The minimum absolute atomic E-state index is 0.681. The fraction of sp³-hybridized carbons (Fsp3) is 0. The fourth-order valence-corrected chi connectivity index (χ4v) is 2.60. The van der Waals surface area contributed by atoms with Crippen LogP contribution >= 0.6 is 11.6 Å². The van der Waals surface area contributed by atoms with Crippen molar-refractivity contribution in [2.75, 3.05) is 0 Å². The Morgan fingerprint density at radius 2 is 1.76 bits per heavy atom. The summed E-state index contributed by atoms with van der Waals surface area (Å²) in [6.07, 6.45) is 0. The highest BCUT2D eigenvalue weighted by atomic mass is 35.5. The van der Waals surface area contributed by atoms with Gasteiger partial charge in [-0.3, -0.25) is 5.10 Å². The van der Waals surface area contributed by atoms with Crippen LogP contribution < -0.4 is 0 Å². The predicted molar refractivity (Wildman–Crippen MR) is 84.2 cm³/mol. The Labute approximate surface area is 126 Å². The zero-order chi connectivity index (χ0) is 14.2. The first-order chi connectivity index (χ1) is 10.3. The molecule has 2 heterocycles. The van der Waals surface area contributed by atoms with Gasteiger partial charge in [-0.1, -0.05) is 48.0 Å². The summed E-state index contributed by atoms with van der Waals surface area (Å²) < 4.78 is 5.83. The summed E-state index contributed by atoms with van der Waals surface area (Å²) in [5.41, 5.74) is 3.40. The van der Waals surface area contributed by atoms with Crippen LogP contribution in [0.2, 0.25) is 5.02 Å². The molecule has 21 heavy (non-hydrogen) atoms. The van der Waals surface area contributed by atoms with E-state index < -0.39 is 0 Å². The Morgan fingerprint density at radius 1 is 0.952 bits per heavy atom. The number of para-hydroxylation sites is 1. The molecular formula is C17H11ClN2O. The van der Waals surface area contributed by atoms with Gasteiger partial charge in [0.05, 0.1) is 10.7 Å². The van der Waals surface area contributed by atoms with E-state index in [9.17, 15) is 0 Å². The second kappa shape index (κ2) is 4.79. The van der Waals surface area contributed by atoms with Crippen molar-refractivity contribution in [3.63, 3.8) is 0 Å². The van der Waals surface area contributed by atoms with Crippen LogP contribution in [0.25, 0.3) is 33.7 Å². The minimum atomic E-state index is 0.681. The second-order valence-corrected chi connectivity index (χ2v) is 5.20. The summed E-state index contributed by atoms with van der Waals surface area (Å²) in [6, 6.07) is 19.5. The van der Waals surface area contributed by atoms with Crippen LogP contribution in [-0.2, 0) is 0 Å². The third-order valence-corrected chi connectivity index (χ3v) is 3.75. The molecule has 0 saturated heterocycles. The molecule has 0 fully saturated rings. The van der Waals surface area contributed by atoms with Crippen molar-refractivity contribution >= 4 is 22.6 Å². The Hall–Kier alpha value is -2.52. The van der Waals surface area contributed by atoms with Crippen LogP contribution in [0.3, 0.4) is 0 Å². The average Bonchev–Trinajstić information content (AvgIpc) is 3.14. The van der Waals surface area contributed by atoms with Crippen LogP contribution in [0, 0.1) is 0 Å². The number of aromatic amines is 1. The van der Waals surface area contributed by atoms with Crippen molar-refractivity contribution in [2.24, 2.45) is 0 Å². The molecule has 0 aliphatic rings. The summed E-state index contributed by atoms with van der Waals surface area (Å²) in [5, 5.41) is 9.08. The normalized spacial score (nSPS) is 11.1. The van der Waals surface area contributed by atoms with Gasteiger partial charge in [0.15, 0.2) is 5.76 Å². The summed E-state index contributed by atoms with van der Waals surface area (Å²) in [5.74, 6) is 0.766. The molecule has 102 valence electrons. The molecule has 0 bridgehead atoms. The molecule has 3 nitrogen and oxygen atoms in total. The first kappa shape index (κ1) is 12.2. The van der Waals surface area contributed by atoms with Gasteiger partial charge in [-0.25, -0.2) is 0 Å². The third kappa shape index (κ3) is 2.12. The van der Waals surface area contributed by atoms with Gasteiger partial charge >= 0.3 is 0 Å². The van der Waals surface area contributed by atoms with Gasteiger partial charge in [0, 0.05) is 10.9 Å². The number of benzene rings is 2. The van der Waals surface area contributed by atoms with E-state index in [0.29, 0.717) is 5.02 Å². The topological polar surface area (TPSA) is 41.8 Å². The van der Waals surface area contributed by atoms with E-state index in [1.54, 1.807) is 0 Å². The number of rotatable bonds is 2. The lowest BCUT2D eigenvalue weighted by molar-refractivity contribution is 0.628. The molecule has 4 aromatic rings. The summed E-state index contributed by atoms with van der Waals surface area (Å²) in [6.45, 7) is 0. The van der Waals surface area contributed by atoms with Crippen LogP contribution in [0.15, 0.2) is 65.1 Å². The molecule has 4 heteroatoms. The number of halogens is 1. The number of nitrogens with zero attached hydrogens (tertiary/aromatic N) is 1. The van der Waals surface area contributed by atoms with Crippen LogP contribution in [0.5, 0.6) is 0 Å². The highest BCUT2D eigenvalue weighted by Crippen LogP contribution is 2.31. The maximum Gasteiger partial charge on any atom is 0.153 e. The monoisotopic (exact) mass is 294 g/mol. The second-order valence-electron chi connectivity index (χ2n) is 4.80. The number of furan rings is 1. The van der Waals surface area contributed by atoms with Crippen molar-refractivity contribution in [3.05, 3.63) is 65.7 Å². The maximum absolute atomic E-state index is 6.20. The van der Waals surface area contributed by atoms with Gasteiger partial charge in [0.25, 0.3) is 0 Å². The molecule has 4 rings (SSSR count). The van der Waals surface area contributed by atoms with E-state index in [-0.39, 0.29) is 0 Å². The zero-order valence-corrected chi connectivity index (χ0v) is 11.8. The fourth-order valence-electron chi connectivity index (χ4n) is 2.37. The number of H-pyrrole nitrogens is 1. The lowest BCUT2D eigenvalue weighted by Gasteiger charge is -1.97. The number of aromatic nitrogens is 2. The lowest BCUT2D eigenvalue weighted by atomic mass is 10.1. The van der Waals surface area contributed by atoms with Crippen molar-refractivity contribution in [3.8, 4) is 22.7 Å². The van der Waals surface area contributed by atoms with E-state index in [1.165, 1.54) is 0 Å². The highest BCUT2D eigenvalue weighted by Gasteiger charge is 2.11. The van der Waals surface area contributed by atoms with Crippen molar-refractivity contribution in [2.45, 2.75) is 0 Å². The highest BCUT2D eigenvalue weighted by molar-refractivity contribution is 6.33. The van der Waals surface area contributed by atoms with E-state index >= 15 is 0 Å². The average molecular weight is 295 g/mol. The van der Waals surface area contributed by atoms with Gasteiger partial charge in [-0.05, 0) is 24.3 Å². The largest absolute Gasteiger partial charge is 0.454 e. The molecule has 0 spiro atoms. The number of fused-ring (bicyclic) bond motifs is 1. The number of hydrogen-bond donors (Lipinski definition) is 1. The predicted octanol–water partition coefficient (Wildman–Crippen LogP) is 5.14. The van der Waals surface area contributed by atoms with Crippen molar-refractivity contribution < 1.29 is 4.42 Å². The standard InChI is InChI=1S/C17H11ClN2O/c18-13-7-3-2-6-12(13)14-10-15(20-19-14)17-9-11-5-1-4-8-16(11)21-17/h1-10H,(H,19,20). The summed E-state index contributed by atoms with van der Waals surface area (Å²) >= 11 is 6.20. The molecular weight excluding hydrogens is 284 g/mol. The van der Waals surface area contributed by atoms with Gasteiger partial charge < -0.3 is 4.42 Å². The smallest absolute Gasteiger partial charge is 0.153 e. The zero-order valence-electron chi connectivity index (χ0n) is 11.0. The summed E-state index contributed by atoms with van der Waals surface area (Å²) in [7, 11) is 0. The molecule has 0 amide bonds. The quantitative estimate of drug-likeness (QED) is 0.556. The Morgan fingerprint density at radius 3 is 2.62 bits per heavy atom. The molecule has 2 aromatic carbocycles. The molecule has 1 N–H and O–H groups in total. The van der Waals surface area contributed by atoms with Crippen LogP contribution in [0.1, 0.15) is 0 Å². The first-order valence-electron chi connectivity index (χ1n) is 6.60. The molecule has 0 aliphatic carbocycles. The minimum Gasteiger partial charge on any atom is -0.454 e. The number of nitrogens with one attached hydrogen (secondary N) is 1. The van der Waals surface area contributed by atoms with E-state index in [0.717, 1.165) is 33.7 Å². The first-order valence-corrected chi connectivity index (χ1v) is 6.98. The van der Waals surface area contributed by atoms with Crippen molar-refractivity contribution in [1.29, 1.82) is 0 Å². The molecule has 0 unspecified atom stereocenters. The molecule has 2 aromatic heterocycles. The van der Waals surface area contributed by atoms with Gasteiger partial charge in [0.1, 0.15) is 11.3 Å². The van der Waals surface area contributed by atoms with Crippen molar-refractivity contribution in [1.82, 2.24) is 10.2 Å². The Bertz CT molecular complexity index is 890.